The van der Waals surface area contributed by atoms with E-state index in [1.807, 2.05) is 18.2 Å². The molecule has 0 aliphatic heterocycles. The molecule has 0 aliphatic carbocycles. The first-order chi connectivity index (χ1) is 8.90. The molecule has 1 N–H and O–H groups in total. The van der Waals surface area contributed by atoms with E-state index in [0.29, 0.717) is 12.5 Å². The van der Waals surface area contributed by atoms with Crippen LogP contribution in [0.2, 0.25) is 5.02 Å². The van der Waals surface area contributed by atoms with Gasteiger partial charge in [0.05, 0.1) is 0 Å². The first kappa shape index (κ1) is 16.5. The normalized spacial score (nSPS) is 11.3. The molecule has 0 aromatic heterocycles. The van der Waals surface area contributed by atoms with E-state index in [1.54, 1.807) is 0 Å². The molecule has 3 nitrogen and oxygen atoms in total. The molecule has 0 heterocycles. The average Bonchev–Trinajstić information content (AvgIpc) is 2.30. The van der Waals surface area contributed by atoms with Gasteiger partial charge in [0.1, 0.15) is 0 Å². The monoisotopic (exact) mass is 347 g/mol. The van der Waals surface area contributed by atoms with E-state index in [4.69, 9.17) is 16.7 Å². The van der Waals surface area contributed by atoms with E-state index in [9.17, 15) is 4.79 Å². The molecule has 0 saturated carbocycles. The summed E-state index contributed by atoms with van der Waals surface area (Å²) in [4.78, 5) is 12.8. The maximum absolute atomic E-state index is 10.6. The van der Waals surface area contributed by atoms with Gasteiger partial charge in [0.25, 0.3) is 0 Å². The van der Waals surface area contributed by atoms with Crippen molar-refractivity contribution in [3.63, 3.8) is 0 Å². The molecule has 0 amide bonds. The summed E-state index contributed by atoms with van der Waals surface area (Å²) in [6, 6.07) is 6.20. The number of carbonyl (C=O) groups is 1. The molecule has 0 atom stereocenters. The lowest BCUT2D eigenvalue weighted by Crippen LogP contribution is -2.31. The van der Waals surface area contributed by atoms with Crippen LogP contribution < -0.4 is 0 Å². The maximum Gasteiger partial charge on any atom is 0.303 e. The summed E-state index contributed by atoms with van der Waals surface area (Å²) < 4.78 is 0.961. The van der Waals surface area contributed by atoms with Crippen LogP contribution in [0, 0.1) is 0 Å². The van der Waals surface area contributed by atoms with Gasteiger partial charge < -0.3 is 5.11 Å². The van der Waals surface area contributed by atoms with Crippen LogP contribution in [0.1, 0.15) is 32.3 Å². The number of hydrogen-bond donors (Lipinski definition) is 1. The summed E-state index contributed by atoms with van der Waals surface area (Å²) in [6.45, 7) is 5.71. The Morgan fingerprint density at radius 1 is 1.47 bits per heavy atom. The molecule has 1 rings (SSSR count). The Morgan fingerprint density at radius 3 is 2.68 bits per heavy atom. The summed E-state index contributed by atoms with van der Waals surface area (Å²) in [7, 11) is 0. The molecule has 5 heteroatoms. The van der Waals surface area contributed by atoms with Crippen LogP contribution in [-0.4, -0.2) is 28.6 Å². The number of halogens is 2. The van der Waals surface area contributed by atoms with Crippen molar-refractivity contribution >= 4 is 33.5 Å². The van der Waals surface area contributed by atoms with Crippen molar-refractivity contribution in [2.45, 2.75) is 39.3 Å². The Kier molecular flexibility index (Phi) is 6.83. The van der Waals surface area contributed by atoms with Crippen molar-refractivity contribution in [2.24, 2.45) is 0 Å². The van der Waals surface area contributed by atoms with Gasteiger partial charge in [-0.2, -0.15) is 0 Å². The van der Waals surface area contributed by atoms with Crippen molar-refractivity contribution in [1.82, 2.24) is 4.90 Å². The lowest BCUT2D eigenvalue weighted by Gasteiger charge is -2.26. The number of hydrogen-bond acceptors (Lipinski definition) is 2. The number of carboxylic acids is 1. The number of aliphatic carboxylic acids is 1. The summed E-state index contributed by atoms with van der Waals surface area (Å²) in [6.07, 6.45) is 0.860. The fraction of sp³-hybridized carbons (Fsp3) is 0.500. The zero-order valence-corrected chi connectivity index (χ0v) is 13.5. The molecule has 0 aliphatic rings. The zero-order valence-electron chi connectivity index (χ0n) is 11.2. The predicted octanol–water partition coefficient (Wildman–Crippen LogP) is 4.18. The summed E-state index contributed by atoms with van der Waals surface area (Å²) >= 11 is 9.60. The van der Waals surface area contributed by atoms with E-state index >= 15 is 0 Å². The van der Waals surface area contributed by atoms with E-state index in [-0.39, 0.29) is 6.42 Å². The second-order valence-electron chi connectivity index (χ2n) is 4.80. The minimum atomic E-state index is -0.745. The van der Waals surface area contributed by atoms with Crippen LogP contribution in [-0.2, 0) is 11.3 Å². The molecule has 106 valence electrons. The van der Waals surface area contributed by atoms with E-state index in [1.165, 1.54) is 0 Å². The number of rotatable bonds is 7. The van der Waals surface area contributed by atoms with Crippen LogP contribution in [0.4, 0.5) is 0 Å². The summed E-state index contributed by atoms with van der Waals surface area (Å²) in [5.74, 6) is -0.745. The zero-order chi connectivity index (χ0) is 14.4. The average molecular weight is 349 g/mol. The van der Waals surface area contributed by atoms with Gasteiger partial charge in [-0.15, -0.1) is 0 Å². The Hall–Kier alpha value is -0.580. The van der Waals surface area contributed by atoms with Crippen molar-refractivity contribution < 1.29 is 9.90 Å². The predicted molar refractivity (Wildman–Crippen MR) is 81.6 cm³/mol. The summed E-state index contributed by atoms with van der Waals surface area (Å²) in [5.41, 5.74) is 1.06. The number of nitrogens with zero attached hydrogens (tertiary/aromatic N) is 1. The number of benzene rings is 1. The fourth-order valence-corrected chi connectivity index (χ4v) is 2.56. The molecule has 0 unspecified atom stereocenters. The van der Waals surface area contributed by atoms with Crippen molar-refractivity contribution in [3.05, 3.63) is 33.3 Å². The first-order valence-corrected chi connectivity index (χ1v) is 7.47. The quantitative estimate of drug-likeness (QED) is 0.803. The Morgan fingerprint density at radius 2 is 2.16 bits per heavy atom. The van der Waals surface area contributed by atoms with Crippen LogP contribution in [0.3, 0.4) is 0 Å². The third kappa shape index (κ3) is 5.93. The van der Waals surface area contributed by atoms with Gasteiger partial charge in [0, 0.05) is 28.5 Å². The SMILES string of the molecule is CC(C)N(CCCC(=O)O)Cc1ccc(Br)cc1Cl. The van der Waals surface area contributed by atoms with E-state index < -0.39 is 5.97 Å². The number of carboxylic acid groups (broad SMARTS) is 1. The van der Waals surface area contributed by atoms with Crippen molar-refractivity contribution in [2.75, 3.05) is 6.54 Å². The molecule has 1 aromatic rings. The highest BCUT2D eigenvalue weighted by atomic mass is 79.9. The van der Waals surface area contributed by atoms with Gasteiger partial charge in [-0.1, -0.05) is 33.6 Å². The second-order valence-corrected chi connectivity index (χ2v) is 6.12. The molecule has 1 aromatic carbocycles. The standard InChI is InChI=1S/C14H19BrClNO2/c1-10(2)17(7-3-4-14(18)19)9-11-5-6-12(15)8-13(11)16/h5-6,8,10H,3-4,7,9H2,1-2H3,(H,18,19). The Labute approximate surface area is 127 Å². The van der Waals surface area contributed by atoms with Gasteiger partial charge in [0.2, 0.25) is 0 Å². The maximum atomic E-state index is 10.6. The topological polar surface area (TPSA) is 40.5 Å². The van der Waals surface area contributed by atoms with E-state index in [2.05, 4.69) is 34.7 Å². The molecule has 0 fully saturated rings. The minimum absolute atomic E-state index is 0.206. The molecular weight excluding hydrogens is 330 g/mol. The van der Waals surface area contributed by atoms with Gasteiger partial charge in [0.15, 0.2) is 0 Å². The molecular formula is C14H19BrClNO2. The lowest BCUT2D eigenvalue weighted by atomic mass is 10.1. The Balaban J connectivity index is 2.64. The highest BCUT2D eigenvalue weighted by molar-refractivity contribution is 9.10. The third-order valence-corrected chi connectivity index (χ3v) is 3.80. The smallest absolute Gasteiger partial charge is 0.303 e. The van der Waals surface area contributed by atoms with Crippen molar-refractivity contribution in [3.8, 4) is 0 Å². The van der Waals surface area contributed by atoms with Crippen LogP contribution in [0.15, 0.2) is 22.7 Å². The third-order valence-electron chi connectivity index (χ3n) is 2.95. The van der Waals surface area contributed by atoms with Gasteiger partial charge in [-0.05, 0) is 44.5 Å². The molecule has 0 bridgehead atoms. The summed E-state index contributed by atoms with van der Waals surface area (Å²) in [5, 5.41) is 9.42. The molecule has 0 spiro atoms. The van der Waals surface area contributed by atoms with Crippen molar-refractivity contribution in [1.29, 1.82) is 0 Å². The van der Waals surface area contributed by atoms with Gasteiger partial charge in [-0.3, -0.25) is 9.69 Å². The lowest BCUT2D eigenvalue weighted by molar-refractivity contribution is -0.137. The highest BCUT2D eigenvalue weighted by Gasteiger charge is 2.12. The molecule has 0 saturated heterocycles. The fourth-order valence-electron chi connectivity index (χ4n) is 1.82. The Bertz CT molecular complexity index is 437. The first-order valence-electron chi connectivity index (χ1n) is 6.30. The minimum Gasteiger partial charge on any atom is -0.481 e. The van der Waals surface area contributed by atoms with Crippen LogP contribution >= 0.6 is 27.5 Å². The largest absolute Gasteiger partial charge is 0.481 e. The van der Waals surface area contributed by atoms with Crippen LogP contribution in [0.5, 0.6) is 0 Å². The van der Waals surface area contributed by atoms with Gasteiger partial charge >= 0.3 is 5.97 Å². The second kappa shape index (κ2) is 7.88. The molecule has 19 heavy (non-hydrogen) atoms. The molecule has 0 radical (unpaired) electrons. The van der Waals surface area contributed by atoms with E-state index in [0.717, 1.165) is 28.1 Å². The highest BCUT2D eigenvalue weighted by Crippen LogP contribution is 2.23. The van der Waals surface area contributed by atoms with Crippen LogP contribution in [0.25, 0.3) is 0 Å². The van der Waals surface area contributed by atoms with Gasteiger partial charge in [-0.25, -0.2) is 0 Å².